The molecule has 1 aromatic carbocycles. The van der Waals surface area contributed by atoms with Crippen molar-refractivity contribution in [2.24, 2.45) is 0 Å². The summed E-state index contributed by atoms with van der Waals surface area (Å²) in [6, 6.07) is 4.24. The molecule has 0 fully saturated rings. The molecule has 3 nitrogen and oxygen atoms in total. The van der Waals surface area contributed by atoms with Crippen LogP contribution in [0.2, 0.25) is 0 Å². The van der Waals surface area contributed by atoms with Crippen molar-refractivity contribution in [2.75, 3.05) is 6.61 Å². The van der Waals surface area contributed by atoms with Crippen LogP contribution >= 0.6 is 0 Å². The van der Waals surface area contributed by atoms with E-state index in [0.717, 1.165) is 0 Å². The third kappa shape index (κ3) is 2.65. The maximum Gasteiger partial charge on any atom is 0.339 e. The van der Waals surface area contributed by atoms with Crippen molar-refractivity contribution < 1.29 is 18.3 Å². The van der Waals surface area contributed by atoms with Gasteiger partial charge < -0.3 is 4.74 Å². The number of carbonyl (C=O) groups is 1. The maximum atomic E-state index is 12.8. The Labute approximate surface area is 104 Å². The Morgan fingerprint density at radius 3 is 2.56 bits per heavy atom. The van der Waals surface area contributed by atoms with Crippen LogP contribution in [0.4, 0.5) is 8.78 Å². The van der Waals surface area contributed by atoms with E-state index in [1.807, 2.05) is 6.07 Å². The molecular formula is C13H13F2NO2. The first-order valence-corrected chi connectivity index (χ1v) is 5.57. The van der Waals surface area contributed by atoms with Crippen molar-refractivity contribution >= 4 is 5.97 Å². The highest BCUT2D eigenvalue weighted by atomic mass is 19.3. The fourth-order valence-corrected chi connectivity index (χ4v) is 1.78. The Morgan fingerprint density at radius 1 is 1.44 bits per heavy atom. The van der Waals surface area contributed by atoms with Gasteiger partial charge in [0.05, 0.1) is 17.7 Å². The molecule has 0 aliphatic carbocycles. The number of nitrogens with zero attached hydrogens (tertiary/aromatic N) is 1. The molecule has 1 aromatic rings. The summed E-state index contributed by atoms with van der Waals surface area (Å²) in [5.41, 5.74) is -0.0172. The summed E-state index contributed by atoms with van der Waals surface area (Å²) in [4.78, 5) is 11.8. The Morgan fingerprint density at radius 2 is 2.11 bits per heavy atom. The second-order valence-corrected chi connectivity index (χ2v) is 3.54. The van der Waals surface area contributed by atoms with Gasteiger partial charge in [0, 0.05) is 5.56 Å². The van der Waals surface area contributed by atoms with Gasteiger partial charge >= 0.3 is 5.97 Å². The molecule has 0 bridgehead atoms. The molecule has 0 amide bonds. The Hall–Kier alpha value is -1.96. The predicted molar refractivity (Wildman–Crippen MR) is 61.4 cm³/mol. The molecule has 0 radical (unpaired) electrons. The normalized spacial score (nSPS) is 10.2. The van der Waals surface area contributed by atoms with Crippen molar-refractivity contribution in [3.05, 3.63) is 34.4 Å². The molecule has 96 valence electrons. The number of hydrogen-bond acceptors (Lipinski definition) is 3. The first kappa shape index (κ1) is 14.1. The van der Waals surface area contributed by atoms with Gasteiger partial charge in [-0.3, -0.25) is 0 Å². The van der Waals surface area contributed by atoms with Gasteiger partial charge in [-0.05, 0) is 25.0 Å². The number of nitriles is 1. The van der Waals surface area contributed by atoms with Crippen LogP contribution in [0.5, 0.6) is 0 Å². The molecular weight excluding hydrogens is 240 g/mol. The molecule has 0 aliphatic heterocycles. The lowest BCUT2D eigenvalue weighted by Gasteiger charge is -2.13. The monoisotopic (exact) mass is 253 g/mol. The van der Waals surface area contributed by atoms with E-state index in [1.165, 1.54) is 12.1 Å². The van der Waals surface area contributed by atoms with Crippen molar-refractivity contribution in [1.29, 1.82) is 5.26 Å². The zero-order valence-electron chi connectivity index (χ0n) is 10.2. The minimum absolute atomic E-state index is 0.0420. The highest BCUT2D eigenvalue weighted by Crippen LogP contribution is 2.28. The summed E-state index contributed by atoms with van der Waals surface area (Å²) in [5, 5.41) is 8.94. The Kier molecular flexibility index (Phi) is 4.78. The third-order valence-electron chi connectivity index (χ3n) is 2.54. The zero-order chi connectivity index (χ0) is 13.7. The molecule has 0 N–H and O–H groups in total. The van der Waals surface area contributed by atoms with Crippen LogP contribution < -0.4 is 0 Å². The summed E-state index contributed by atoms with van der Waals surface area (Å²) in [6.45, 7) is 3.41. The number of esters is 1. The smallest absolute Gasteiger partial charge is 0.339 e. The molecule has 1 rings (SSSR count). The fourth-order valence-electron chi connectivity index (χ4n) is 1.78. The molecule has 0 aromatic heterocycles. The SMILES string of the molecule is CCOC(=O)c1c(C#N)ccc(C(F)F)c1CC. The minimum atomic E-state index is -2.68. The number of ether oxygens (including phenoxy) is 1. The molecule has 0 unspecified atom stereocenters. The molecule has 0 spiro atoms. The number of hydrogen-bond donors (Lipinski definition) is 0. The first-order valence-electron chi connectivity index (χ1n) is 5.57. The van der Waals surface area contributed by atoms with Crippen LogP contribution in [0.1, 0.15) is 47.3 Å². The van der Waals surface area contributed by atoms with Gasteiger partial charge in [-0.25, -0.2) is 13.6 Å². The van der Waals surface area contributed by atoms with E-state index in [2.05, 4.69) is 0 Å². The van der Waals surface area contributed by atoms with Gasteiger partial charge in [-0.15, -0.1) is 0 Å². The molecule has 0 saturated heterocycles. The van der Waals surface area contributed by atoms with E-state index in [1.54, 1.807) is 13.8 Å². The summed E-state index contributed by atoms with van der Waals surface area (Å²) in [6.07, 6.45) is -2.44. The van der Waals surface area contributed by atoms with Crippen molar-refractivity contribution in [2.45, 2.75) is 26.7 Å². The van der Waals surface area contributed by atoms with Gasteiger partial charge in [0.25, 0.3) is 6.43 Å². The average Bonchev–Trinajstić information content (AvgIpc) is 2.36. The van der Waals surface area contributed by atoms with Crippen LogP contribution in [0, 0.1) is 11.3 Å². The standard InChI is InChI=1S/C13H13F2NO2/c1-3-9-10(12(14)15)6-5-8(7-16)11(9)13(17)18-4-2/h5-6,12H,3-4H2,1-2H3. The summed E-state index contributed by atoms with van der Waals surface area (Å²) in [5.74, 6) is -0.728. The number of halogens is 2. The van der Waals surface area contributed by atoms with E-state index < -0.39 is 12.4 Å². The summed E-state index contributed by atoms with van der Waals surface area (Å²) >= 11 is 0. The Bertz CT molecular complexity index is 492. The minimum Gasteiger partial charge on any atom is -0.462 e. The average molecular weight is 253 g/mol. The largest absolute Gasteiger partial charge is 0.462 e. The number of alkyl halides is 2. The quantitative estimate of drug-likeness (QED) is 0.774. The molecule has 0 atom stereocenters. The first-order chi connectivity index (χ1) is 8.56. The Balaban J connectivity index is 3.47. The van der Waals surface area contributed by atoms with E-state index >= 15 is 0 Å². The number of benzene rings is 1. The lowest BCUT2D eigenvalue weighted by Crippen LogP contribution is -2.12. The zero-order valence-corrected chi connectivity index (χ0v) is 10.2. The molecule has 0 heterocycles. The van der Waals surface area contributed by atoms with Crippen LogP contribution in [0.3, 0.4) is 0 Å². The third-order valence-corrected chi connectivity index (χ3v) is 2.54. The van der Waals surface area contributed by atoms with Gasteiger partial charge in [0.2, 0.25) is 0 Å². The van der Waals surface area contributed by atoms with Gasteiger partial charge in [-0.1, -0.05) is 13.0 Å². The topological polar surface area (TPSA) is 50.1 Å². The van der Waals surface area contributed by atoms with Crippen molar-refractivity contribution in [3.63, 3.8) is 0 Å². The lowest BCUT2D eigenvalue weighted by atomic mass is 9.94. The van der Waals surface area contributed by atoms with Crippen LogP contribution in [0.15, 0.2) is 12.1 Å². The fraction of sp³-hybridized carbons (Fsp3) is 0.385. The molecule has 18 heavy (non-hydrogen) atoms. The van der Waals surface area contributed by atoms with E-state index in [9.17, 15) is 13.6 Å². The summed E-state index contributed by atoms with van der Waals surface area (Å²) < 4.78 is 30.5. The van der Waals surface area contributed by atoms with Gasteiger partial charge in [0.1, 0.15) is 6.07 Å². The number of carbonyl (C=O) groups excluding carboxylic acids is 1. The molecule has 0 saturated carbocycles. The highest BCUT2D eigenvalue weighted by Gasteiger charge is 2.23. The molecule has 5 heteroatoms. The van der Waals surface area contributed by atoms with E-state index in [4.69, 9.17) is 10.00 Å². The van der Waals surface area contributed by atoms with Crippen LogP contribution in [0.25, 0.3) is 0 Å². The van der Waals surface area contributed by atoms with Crippen molar-refractivity contribution in [3.8, 4) is 6.07 Å². The molecule has 0 aliphatic rings. The second kappa shape index (κ2) is 6.10. The van der Waals surface area contributed by atoms with Crippen LogP contribution in [-0.2, 0) is 11.2 Å². The second-order valence-electron chi connectivity index (χ2n) is 3.54. The summed E-state index contributed by atoms with van der Waals surface area (Å²) in [7, 11) is 0. The highest BCUT2D eigenvalue weighted by molar-refractivity contribution is 5.94. The van der Waals surface area contributed by atoms with Gasteiger partial charge in [-0.2, -0.15) is 5.26 Å². The van der Waals surface area contributed by atoms with E-state index in [0.29, 0.717) is 0 Å². The lowest BCUT2D eigenvalue weighted by molar-refractivity contribution is 0.0524. The van der Waals surface area contributed by atoms with Crippen molar-refractivity contribution in [1.82, 2.24) is 0 Å². The van der Waals surface area contributed by atoms with Gasteiger partial charge in [0.15, 0.2) is 0 Å². The van der Waals surface area contributed by atoms with E-state index in [-0.39, 0.29) is 35.3 Å². The maximum absolute atomic E-state index is 12.8. The predicted octanol–water partition coefficient (Wildman–Crippen LogP) is 3.23. The van der Waals surface area contributed by atoms with Crippen LogP contribution in [-0.4, -0.2) is 12.6 Å². The number of rotatable bonds is 4.